The van der Waals surface area contributed by atoms with Gasteiger partial charge in [0.1, 0.15) is 0 Å². The highest BCUT2D eigenvalue weighted by atomic mass is 35.5. The fraction of sp³-hybridized carbons (Fsp3) is 0.259. The van der Waals surface area contributed by atoms with Crippen molar-refractivity contribution in [1.29, 1.82) is 5.26 Å². The van der Waals surface area contributed by atoms with Crippen LogP contribution < -0.4 is 15.1 Å². The van der Waals surface area contributed by atoms with Crippen LogP contribution in [0.1, 0.15) is 40.9 Å². The summed E-state index contributed by atoms with van der Waals surface area (Å²) in [6.45, 7) is 5.74. The van der Waals surface area contributed by atoms with E-state index >= 15 is 0 Å². The molecule has 0 radical (unpaired) electrons. The number of nitrogens with one attached hydrogen (secondary N) is 1. The Morgan fingerprint density at radius 1 is 0.970 bits per heavy atom. The van der Waals surface area contributed by atoms with E-state index in [-0.39, 0.29) is 11.9 Å². The summed E-state index contributed by atoms with van der Waals surface area (Å²) >= 11 is 5.94. The van der Waals surface area contributed by atoms with Crippen LogP contribution in [-0.4, -0.2) is 32.1 Å². The van der Waals surface area contributed by atoms with E-state index in [1.807, 2.05) is 24.3 Å². The van der Waals surface area contributed by atoms with E-state index in [9.17, 15) is 4.79 Å². The molecule has 0 aromatic heterocycles. The van der Waals surface area contributed by atoms with Gasteiger partial charge in [0.15, 0.2) is 0 Å². The molecule has 6 heteroatoms. The van der Waals surface area contributed by atoms with Gasteiger partial charge in [0.2, 0.25) is 0 Å². The molecule has 1 unspecified atom stereocenters. The molecule has 33 heavy (non-hydrogen) atoms. The third kappa shape index (κ3) is 5.47. The van der Waals surface area contributed by atoms with Gasteiger partial charge in [-0.1, -0.05) is 30.7 Å². The van der Waals surface area contributed by atoms with E-state index in [2.05, 4.69) is 52.4 Å². The van der Waals surface area contributed by atoms with Crippen molar-refractivity contribution >= 4 is 28.9 Å². The van der Waals surface area contributed by atoms with Crippen LogP contribution in [0.5, 0.6) is 0 Å². The van der Waals surface area contributed by atoms with Gasteiger partial charge in [-0.2, -0.15) is 5.26 Å². The Balaban J connectivity index is 1.41. The Kier molecular flexibility index (Phi) is 7.16. The maximum absolute atomic E-state index is 12.7. The zero-order valence-corrected chi connectivity index (χ0v) is 19.4. The van der Waals surface area contributed by atoms with Crippen molar-refractivity contribution in [1.82, 2.24) is 5.32 Å². The number of hydrogen-bond acceptors (Lipinski definition) is 4. The lowest BCUT2D eigenvalue weighted by molar-refractivity contribution is 0.0935. The molecule has 0 bridgehead atoms. The van der Waals surface area contributed by atoms with E-state index < -0.39 is 0 Å². The second kappa shape index (κ2) is 10.4. The Labute approximate surface area is 200 Å². The van der Waals surface area contributed by atoms with Gasteiger partial charge in [0.05, 0.1) is 17.7 Å². The third-order valence-corrected chi connectivity index (χ3v) is 6.35. The average molecular weight is 459 g/mol. The van der Waals surface area contributed by atoms with Crippen molar-refractivity contribution in [3.8, 4) is 6.07 Å². The number of halogens is 1. The molecule has 1 heterocycles. The van der Waals surface area contributed by atoms with Crippen LogP contribution in [-0.2, 0) is 0 Å². The molecule has 3 aromatic rings. The first kappa shape index (κ1) is 22.7. The number of carbonyl (C=O) groups is 1. The maximum atomic E-state index is 12.7. The number of nitriles is 1. The molecule has 0 spiro atoms. The fourth-order valence-electron chi connectivity index (χ4n) is 4.17. The van der Waals surface area contributed by atoms with Gasteiger partial charge in [-0.3, -0.25) is 4.79 Å². The van der Waals surface area contributed by atoms with Gasteiger partial charge in [-0.15, -0.1) is 0 Å². The number of rotatable bonds is 6. The van der Waals surface area contributed by atoms with Crippen LogP contribution in [0.3, 0.4) is 0 Å². The first-order valence-corrected chi connectivity index (χ1v) is 11.6. The third-order valence-electron chi connectivity index (χ3n) is 6.10. The Bertz CT molecular complexity index is 1130. The van der Waals surface area contributed by atoms with Gasteiger partial charge < -0.3 is 15.1 Å². The number of anilines is 2. The number of benzene rings is 3. The zero-order chi connectivity index (χ0) is 23.2. The minimum absolute atomic E-state index is 0.0620. The van der Waals surface area contributed by atoms with Crippen molar-refractivity contribution in [2.24, 2.45) is 0 Å². The van der Waals surface area contributed by atoms with E-state index in [0.29, 0.717) is 16.1 Å². The molecular weight excluding hydrogens is 432 g/mol. The van der Waals surface area contributed by atoms with Gasteiger partial charge in [-0.05, 0) is 72.6 Å². The summed E-state index contributed by atoms with van der Waals surface area (Å²) in [5.74, 6) is -0.0973. The van der Waals surface area contributed by atoms with E-state index in [0.717, 1.165) is 43.9 Å². The predicted octanol–water partition coefficient (Wildman–Crippen LogP) is 5.42. The van der Waals surface area contributed by atoms with Crippen LogP contribution in [0.4, 0.5) is 11.4 Å². The predicted molar refractivity (Wildman–Crippen MR) is 134 cm³/mol. The van der Waals surface area contributed by atoms with Crippen LogP contribution in [0, 0.1) is 11.3 Å². The number of piperazine rings is 1. The average Bonchev–Trinajstić information content (AvgIpc) is 2.88. The lowest BCUT2D eigenvalue weighted by Gasteiger charge is -2.37. The van der Waals surface area contributed by atoms with Gasteiger partial charge in [0, 0.05) is 48.1 Å². The summed E-state index contributed by atoms with van der Waals surface area (Å²) in [5, 5.41) is 12.8. The summed E-state index contributed by atoms with van der Waals surface area (Å²) in [6, 6.07) is 25.3. The minimum atomic E-state index is -0.0973. The number of amides is 1. The summed E-state index contributed by atoms with van der Waals surface area (Å²) in [7, 11) is 0. The molecular formula is C27H27ClN4O. The molecule has 1 saturated heterocycles. The lowest BCUT2D eigenvalue weighted by atomic mass is 10.0. The van der Waals surface area contributed by atoms with Gasteiger partial charge in [0.25, 0.3) is 5.91 Å². The van der Waals surface area contributed by atoms with Crippen molar-refractivity contribution < 1.29 is 4.79 Å². The summed E-state index contributed by atoms with van der Waals surface area (Å²) < 4.78 is 0. The highest BCUT2D eigenvalue weighted by Crippen LogP contribution is 2.25. The maximum Gasteiger partial charge on any atom is 0.251 e. The second-order valence-electron chi connectivity index (χ2n) is 8.17. The van der Waals surface area contributed by atoms with Gasteiger partial charge in [-0.25, -0.2) is 0 Å². The molecule has 1 aliphatic heterocycles. The lowest BCUT2D eigenvalue weighted by Crippen LogP contribution is -2.46. The van der Waals surface area contributed by atoms with E-state index in [1.54, 1.807) is 24.3 Å². The molecule has 4 rings (SSSR count). The molecule has 1 amide bonds. The molecule has 1 N–H and O–H groups in total. The molecule has 0 aliphatic carbocycles. The molecule has 1 aliphatic rings. The van der Waals surface area contributed by atoms with Crippen LogP contribution in [0.25, 0.3) is 0 Å². The summed E-state index contributed by atoms with van der Waals surface area (Å²) in [6.07, 6.45) is 0.801. The number of nitrogens with zero attached hydrogens (tertiary/aromatic N) is 3. The second-order valence-corrected chi connectivity index (χ2v) is 8.61. The van der Waals surface area contributed by atoms with Crippen LogP contribution in [0.2, 0.25) is 5.02 Å². The first-order valence-electron chi connectivity index (χ1n) is 11.2. The molecule has 5 nitrogen and oxygen atoms in total. The van der Waals surface area contributed by atoms with E-state index in [1.165, 1.54) is 5.69 Å². The van der Waals surface area contributed by atoms with Crippen LogP contribution in [0.15, 0.2) is 72.8 Å². The molecule has 168 valence electrons. The zero-order valence-electron chi connectivity index (χ0n) is 18.7. The summed E-state index contributed by atoms with van der Waals surface area (Å²) in [4.78, 5) is 17.4. The highest BCUT2D eigenvalue weighted by molar-refractivity contribution is 6.30. The number of carbonyl (C=O) groups excluding carboxylic acids is 1. The Hall–Kier alpha value is -3.49. The van der Waals surface area contributed by atoms with Crippen molar-refractivity contribution in [3.63, 3.8) is 0 Å². The fourth-order valence-corrected chi connectivity index (χ4v) is 4.30. The van der Waals surface area contributed by atoms with Crippen molar-refractivity contribution in [2.45, 2.75) is 19.4 Å². The van der Waals surface area contributed by atoms with Crippen molar-refractivity contribution in [2.75, 3.05) is 36.0 Å². The topological polar surface area (TPSA) is 59.4 Å². The smallest absolute Gasteiger partial charge is 0.251 e. The minimum Gasteiger partial charge on any atom is -0.368 e. The van der Waals surface area contributed by atoms with E-state index in [4.69, 9.17) is 16.9 Å². The Morgan fingerprint density at radius 2 is 1.61 bits per heavy atom. The normalized spacial score (nSPS) is 14.5. The van der Waals surface area contributed by atoms with Gasteiger partial charge >= 0.3 is 0 Å². The highest BCUT2D eigenvalue weighted by Gasteiger charge is 2.20. The Morgan fingerprint density at radius 3 is 2.21 bits per heavy atom. The standard InChI is InChI=1S/C27H27ClN4O/c1-2-26(30-27(33)21-8-10-23(28)11-9-21)22-4-3-5-25(18-22)32-16-14-31(15-17-32)24-12-6-20(19-29)7-13-24/h3-13,18,26H,2,14-17H2,1H3,(H,30,33). The monoisotopic (exact) mass is 458 g/mol. The SMILES string of the molecule is CCC(NC(=O)c1ccc(Cl)cc1)c1cccc(N2CCN(c3ccc(C#N)cc3)CC2)c1. The molecule has 3 aromatic carbocycles. The molecule has 1 fully saturated rings. The largest absolute Gasteiger partial charge is 0.368 e. The molecule has 0 saturated carbocycles. The molecule has 1 atom stereocenters. The number of hydrogen-bond donors (Lipinski definition) is 1. The van der Waals surface area contributed by atoms with Crippen molar-refractivity contribution in [3.05, 3.63) is 94.5 Å². The quantitative estimate of drug-likeness (QED) is 0.535. The summed E-state index contributed by atoms with van der Waals surface area (Å²) in [5.41, 5.74) is 4.71. The van der Waals surface area contributed by atoms with Crippen LogP contribution >= 0.6 is 11.6 Å². The first-order chi connectivity index (χ1) is 16.1.